The maximum Gasteiger partial charge on any atom is 0.287 e. The smallest absolute Gasteiger partial charge is 0.287 e. The molecule has 0 N–H and O–H groups in total. The lowest BCUT2D eigenvalue weighted by molar-refractivity contribution is -0.130. The summed E-state index contributed by atoms with van der Waals surface area (Å²) >= 11 is 11.1. The largest absolute Gasteiger partial charge is 0.295 e. The zero-order valence-electron chi connectivity index (χ0n) is 7.44. The molecule has 15 heavy (non-hydrogen) atoms. The number of carbonyl (C=O) groups is 2. The zero-order chi connectivity index (χ0) is 11.4. The minimum atomic E-state index is -0.602. The van der Waals surface area contributed by atoms with Crippen LogP contribution in [-0.2, 0) is 16.1 Å². The molecule has 0 radical (unpaired) electrons. The standard InChI is InChI=1S/C8H6Cl2N2O3/c9-6-3-11-12(8(15)7(6)10)2-1-5(14)4-13/h3-4H,1-2H2. The van der Waals surface area contributed by atoms with Crippen LogP contribution in [0.2, 0.25) is 10.0 Å². The van der Waals surface area contributed by atoms with E-state index < -0.39 is 11.3 Å². The summed E-state index contributed by atoms with van der Waals surface area (Å²) in [7, 11) is 0. The van der Waals surface area contributed by atoms with Crippen molar-refractivity contribution in [3.05, 3.63) is 26.6 Å². The molecule has 1 aromatic heterocycles. The van der Waals surface area contributed by atoms with Gasteiger partial charge in [-0.25, -0.2) is 4.68 Å². The highest BCUT2D eigenvalue weighted by atomic mass is 35.5. The van der Waals surface area contributed by atoms with Crippen LogP contribution in [-0.4, -0.2) is 21.8 Å². The van der Waals surface area contributed by atoms with Crippen LogP contribution in [0.5, 0.6) is 0 Å². The summed E-state index contributed by atoms with van der Waals surface area (Å²) in [6.07, 6.45) is 1.31. The van der Waals surface area contributed by atoms with E-state index in [0.717, 1.165) is 4.68 Å². The Morgan fingerprint density at radius 2 is 2.20 bits per heavy atom. The van der Waals surface area contributed by atoms with Crippen LogP contribution >= 0.6 is 23.2 Å². The number of carbonyl (C=O) groups excluding carboxylic acids is 2. The lowest BCUT2D eigenvalue weighted by atomic mass is 10.3. The summed E-state index contributed by atoms with van der Waals surface area (Å²) in [6, 6.07) is 0. The van der Waals surface area contributed by atoms with Gasteiger partial charge < -0.3 is 0 Å². The Hall–Kier alpha value is -1.20. The molecule has 0 atom stereocenters. The Labute approximate surface area is 94.6 Å². The molecule has 0 saturated heterocycles. The zero-order valence-corrected chi connectivity index (χ0v) is 8.96. The predicted octanol–water partition coefficient (Wildman–Crippen LogP) is 0.708. The molecule has 0 bridgehead atoms. The number of aldehydes is 1. The van der Waals surface area contributed by atoms with Gasteiger partial charge in [-0.15, -0.1) is 0 Å². The molecule has 0 aliphatic heterocycles. The first-order valence-corrected chi connectivity index (χ1v) is 4.71. The van der Waals surface area contributed by atoms with Crippen molar-refractivity contribution in [3.8, 4) is 0 Å². The lowest BCUT2D eigenvalue weighted by Crippen LogP contribution is -2.24. The number of Topliss-reactive ketones (excluding diaryl/α,β-unsaturated/α-hetero) is 1. The summed E-state index contributed by atoms with van der Waals surface area (Å²) in [4.78, 5) is 32.1. The molecule has 7 heteroatoms. The van der Waals surface area contributed by atoms with Crippen LogP contribution < -0.4 is 5.56 Å². The number of aryl methyl sites for hydroxylation is 1. The van der Waals surface area contributed by atoms with Gasteiger partial charge in [-0.05, 0) is 0 Å². The van der Waals surface area contributed by atoms with E-state index in [0.29, 0.717) is 0 Å². The molecule has 0 unspecified atom stereocenters. The Balaban J connectivity index is 2.88. The Bertz CT molecular complexity index is 456. The van der Waals surface area contributed by atoms with E-state index in [2.05, 4.69) is 5.10 Å². The number of rotatable bonds is 4. The van der Waals surface area contributed by atoms with Crippen molar-refractivity contribution in [2.75, 3.05) is 0 Å². The van der Waals surface area contributed by atoms with Gasteiger partial charge in [-0.1, -0.05) is 23.2 Å². The monoisotopic (exact) mass is 248 g/mol. The fourth-order valence-electron chi connectivity index (χ4n) is 0.879. The second-order valence-corrected chi connectivity index (χ2v) is 3.45. The summed E-state index contributed by atoms with van der Waals surface area (Å²) in [5.74, 6) is -0.602. The summed E-state index contributed by atoms with van der Waals surface area (Å²) < 4.78 is 0.982. The van der Waals surface area contributed by atoms with Crippen molar-refractivity contribution < 1.29 is 9.59 Å². The van der Waals surface area contributed by atoms with Crippen molar-refractivity contribution in [3.63, 3.8) is 0 Å². The highest BCUT2D eigenvalue weighted by molar-refractivity contribution is 6.41. The molecule has 0 saturated carbocycles. The number of ketones is 1. The number of aromatic nitrogens is 2. The molecule has 0 aromatic carbocycles. The normalized spacial score (nSPS) is 10.0. The quantitative estimate of drug-likeness (QED) is 0.582. The first kappa shape index (κ1) is 11.9. The summed E-state index contributed by atoms with van der Waals surface area (Å²) in [5, 5.41) is 3.57. The number of halogens is 2. The number of hydrogen-bond acceptors (Lipinski definition) is 4. The Kier molecular flexibility index (Phi) is 3.99. The first-order chi connectivity index (χ1) is 7.06. The molecule has 1 rings (SSSR count). The second kappa shape index (κ2) is 5.04. The van der Waals surface area contributed by atoms with Gasteiger partial charge in [-0.3, -0.25) is 14.4 Å². The van der Waals surface area contributed by atoms with Crippen molar-refractivity contribution in [1.82, 2.24) is 9.78 Å². The topological polar surface area (TPSA) is 69.0 Å². The molecule has 80 valence electrons. The summed E-state index contributed by atoms with van der Waals surface area (Å²) in [6.45, 7) is 0.00724. The number of hydrogen-bond donors (Lipinski definition) is 0. The fraction of sp³-hybridized carbons (Fsp3) is 0.250. The highest BCUT2D eigenvalue weighted by Crippen LogP contribution is 2.14. The lowest BCUT2D eigenvalue weighted by Gasteiger charge is -2.02. The van der Waals surface area contributed by atoms with Crippen LogP contribution in [0.25, 0.3) is 0 Å². The molecule has 0 aliphatic rings. The van der Waals surface area contributed by atoms with Crippen LogP contribution in [0, 0.1) is 0 Å². The minimum Gasteiger partial charge on any atom is -0.295 e. The van der Waals surface area contributed by atoms with E-state index in [1.54, 1.807) is 0 Å². The first-order valence-electron chi connectivity index (χ1n) is 3.95. The van der Waals surface area contributed by atoms with Gasteiger partial charge in [0.1, 0.15) is 5.02 Å². The van der Waals surface area contributed by atoms with E-state index in [-0.39, 0.29) is 29.3 Å². The van der Waals surface area contributed by atoms with Crippen LogP contribution in [0.3, 0.4) is 0 Å². The molecule has 0 spiro atoms. The van der Waals surface area contributed by atoms with Gasteiger partial charge in [0, 0.05) is 6.42 Å². The van der Waals surface area contributed by atoms with Crippen LogP contribution in [0.1, 0.15) is 6.42 Å². The highest BCUT2D eigenvalue weighted by Gasteiger charge is 2.08. The van der Waals surface area contributed by atoms with Gasteiger partial charge in [0.2, 0.25) is 0 Å². The van der Waals surface area contributed by atoms with Gasteiger partial charge in [0.05, 0.1) is 17.8 Å². The third-order valence-electron chi connectivity index (χ3n) is 1.64. The van der Waals surface area contributed by atoms with Crippen LogP contribution in [0.4, 0.5) is 0 Å². The van der Waals surface area contributed by atoms with Crippen molar-refractivity contribution in [2.45, 2.75) is 13.0 Å². The van der Waals surface area contributed by atoms with Crippen LogP contribution in [0.15, 0.2) is 11.0 Å². The molecule has 5 nitrogen and oxygen atoms in total. The van der Waals surface area contributed by atoms with Crippen molar-refractivity contribution in [1.29, 1.82) is 0 Å². The maximum atomic E-state index is 11.4. The molecule has 1 heterocycles. The van der Waals surface area contributed by atoms with Crippen molar-refractivity contribution >= 4 is 35.3 Å². The Morgan fingerprint density at radius 1 is 1.53 bits per heavy atom. The molecule has 0 amide bonds. The van der Waals surface area contributed by atoms with E-state index in [4.69, 9.17) is 23.2 Å². The van der Waals surface area contributed by atoms with E-state index >= 15 is 0 Å². The SMILES string of the molecule is O=CC(=O)CCn1ncc(Cl)c(Cl)c1=O. The molecular formula is C8H6Cl2N2O3. The number of nitrogens with zero attached hydrogens (tertiary/aromatic N) is 2. The molecular weight excluding hydrogens is 243 g/mol. The fourth-order valence-corrected chi connectivity index (χ4v) is 1.15. The Morgan fingerprint density at radius 3 is 2.80 bits per heavy atom. The summed E-state index contributed by atoms with van der Waals surface area (Å²) in [5.41, 5.74) is -0.581. The van der Waals surface area contributed by atoms with Gasteiger partial charge >= 0.3 is 0 Å². The minimum absolute atomic E-state index is 0.00724. The second-order valence-electron chi connectivity index (χ2n) is 2.67. The molecule has 0 aliphatic carbocycles. The third-order valence-corrected chi connectivity index (χ3v) is 2.39. The average molecular weight is 249 g/mol. The van der Waals surface area contributed by atoms with Gasteiger partial charge in [0.15, 0.2) is 12.1 Å². The van der Waals surface area contributed by atoms with E-state index in [9.17, 15) is 14.4 Å². The van der Waals surface area contributed by atoms with Crippen molar-refractivity contribution in [2.24, 2.45) is 0 Å². The average Bonchev–Trinajstić information content (AvgIpc) is 2.24. The van der Waals surface area contributed by atoms with Gasteiger partial charge in [0.25, 0.3) is 5.56 Å². The predicted molar refractivity (Wildman–Crippen MR) is 54.2 cm³/mol. The van der Waals surface area contributed by atoms with Gasteiger partial charge in [-0.2, -0.15) is 5.10 Å². The van der Waals surface area contributed by atoms with E-state index in [1.807, 2.05) is 0 Å². The van der Waals surface area contributed by atoms with E-state index in [1.165, 1.54) is 6.20 Å². The molecule has 1 aromatic rings. The molecule has 0 fully saturated rings. The third kappa shape index (κ3) is 2.87. The maximum absolute atomic E-state index is 11.4.